The Morgan fingerprint density at radius 2 is 0.818 bits per heavy atom. The molecule has 0 atom stereocenters. The molecule has 3 rings (SSSR count). The predicted octanol–water partition coefficient (Wildman–Crippen LogP) is -6.36. The average molecular weight is 355 g/mol. The van der Waals surface area contributed by atoms with Gasteiger partial charge < -0.3 is 33.8 Å². The van der Waals surface area contributed by atoms with E-state index in [4.69, 9.17) is 0 Å². The monoisotopic (exact) mass is 354 g/mol. The number of nitroso groups, excluding NO2 is 2. The summed E-state index contributed by atoms with van der Waals surface area (Å²) < 4.78 is 2.31. The van der Waals surface area contributed by atoms with Gasteiger partial charge in [-0.05, 0) is 0 Å². The Balaban J connectivity index is 0.00000121. The minimum absolute atomic E-state index is 0. The van der Waals surface area contributed by atoms with Crippen molar-refractivity contribution in [2.24, 2.45) is 10.6 Å². The van der Waals surface area contributed by atoms with Gasteiger partial charge >= 0.3 is 0 Å². The molecule has 0 saturated carbocycles. The van der Waals surface area contributed by atoms with Crippen molar-refractivity contribution in [2.75, 3.05) is 78.5 Å². The van der Waals surface area contributed by atoms with Crippen molar-refractivity contribution in [3.8, 4) is 0 Å². The van der Waals surface area contributed by atoms with E-state index in [1.165, 1.54) is 26.2 Å². The van der Waals surface area contributed by atoms with Gasteiger partial charge in [0.05, 0.1) is 62.9 Å². The maximum Gasteiger partial charge on any atom is 0.129 e. The number of quaternary nitrogens is 2. The van der Waals surface area contributed by atoms with Crippen LogP contribution in [0.3, 0.4) is 0 Å². The van der Waals surface area contributed by atoms with Crippen LogP contribution < -0.4 is 24.8 Å². The fraction of sp³-hybridized carbons (Fsp3) is 1.00. The molecule has 8 nitrogen and oxygen atoms in total. The van der Waals surface area contributed by atoms with Crippen LogP contribution in [0.15, 0.2) is 10.6 Å². The molecule has 0 aromatic rings. The largest absolute Gasteiger partial charge is 1.00 e. The molecule has 3 aliphatic heterocycles. The molecular formula is C12H24Cl2N6O2. The van der Waals surface area contributed by atoms with Crippen LogP contribution in [-0.2, 0) is 0 Å². The van der Waals surface area contributed by atoms with E-state index in [2.05, 4.69) is 10.6 Å². The summed E-state index contributed by atoms with van der Waals surface area (Å²) in [6, 6.07) is 0. The van der Waals surface area contributed by atoms with Gasteiger partial charge in [-0.15, -0.1) is 9.81 Å². The van der Waals surface area contributed by atoms with Crippen molar-refractivity contribution in [2.45, 2.75) is 0 Å². The minimum Gasteiger partial charge on any atom is -1.00 e. The minimum atomic E-state index is 0. The summed E-state index contributed by atoms with van der Waals surface area (Å²) in [7, 11) is 0. The zero-order chi connectivity index (χ0) is 14.1. The maximum atomic E-state index is 10.6. The van der Waals surface area contributed by atoms with Crippen LogP contribution in [0.2, 0.25) is 0 Å². The van der Waals surface area contributed by atoms with E-state index in [1.54, 1.807) is 10.0 Å². The Hall–Kier alpha value is -0.700. The van der Waals surface area contributed by atoms with Crippen LogP contribution in [0.5, 0.6) is 0 Å². The van der Waals surface area contributed by atoms with Gasteiger partial charge in [0, 0.05) is 0 Å². The van der Waals surface area contributed by atoms with Crippen molar-refractivity contribution in [3.05, 3.63) is 9.81 Å². The molecule has 3 heterocycles. The second-order valence-corrected chi connectivity index (χ2v) is 6.54. The number of hydrogen-bond acceptors (Lipinski definition) is 4. The van der Waals surface area contributed by atoms with Crippen molar-refractivity contribution in [1.82, 2.24) is 10.0 Å². The number of hydrogen-bond donors (Lipinski definition) is 0. The van der Waals surface area contributed by atoms with E-state index < -0.39 is 0 Å². The Kier molecular flexibility index (Phi) is 6.79. The highest BCUT2D eigenvalue weighted by Crippen LogP contribution is 2.24. The van der Waals surface area contributed by atoms with Gasteiger partial charge in [0.2, 0.25) is 0 Å². The van der Waals surface area contributed by atoms with Gasteiger partial charge in [-0.3, -0.25) is 0 Å². The van der Waals surface area contributed by atoms with E-state index in [9.17, 15) is 9.81 Å². The molecule has 0 unspecified atom stereocenters. The normalized spacial score (nSPS) is 26.0. The summed E-state index contributed by atoms with van der Waals surface area (Å²) in [5.74, 6) is 0. The molecule has 3 saturated heterocycles. The zero-order valence-corrected chi connectivity index (χ0v) is 14.3. The molecule has 128 valence electrons. The molecule has 0 aromatic carbocycles. The molecule has 0 aromatic heterocycles. The van der Waals surface area contributed by atoms with E-state index in [0.29, 0.717) is 0 Å². The first kappa shape index (κ1) is 19.3. The maximum absolute atomic E-state index is 10.6. The lowest BCUT2D eigenvalue weighted by molar-refractivity contribution is -1.03. The topological polar surface area (TPSA) is 65.3 Å². The van der Waals surface area contributed by atoms with Crippen molar-refractivity contribution in [1.29, 1.82) is 0 Å². The molecule has 0 bridgehead atoms. The molecule has 0 radical (unpaired) electrons. The Morgan fingerprint density at radius 1 is 0.545 bits per heavy atom. The van der Waals surface area contributed by atoms with Gasteiger partial charge in [0.15, 0.2) is 0 Å². The van der Waals surface area contributed by atoms with E-state index in [1.807, 2.05) is 0 Å². The number of piperazine rings is 3. The van der Waals surface area contributed by atoms with Crippen LogP contribution >= 0.6 is 0 Å². The van der Waals surface area contributed by atoms with Gasteiger partial charge in [0.1, 0.15) is 26.2 Å². The first-order valence-electron chi connectivity index (χ1n) is 7.56. The Labute approximate surface area is 143 Å². The average Bonchev–Trinajstić information content (AvgIpc) is 2.52. The quantitative estimate of drug-likeness (QED) is 0.365. The third-order valence-corrected chi connectivity index (χ3v) is 5.66. The first-order chi connectivity index (χ1) is 9.69. The summed E-state index contributed by atoms with van der Waals surface area (Å²) in [6.45, 7) is 12.2. The number of halogens is 2. The van der Waals surface area contributed by atoms with Crippen molar-refractivity contribution in [3.63, 3.8) is 0 Å². The lowest BCUT2D eigenvalue weighted by atomic mass is 10.1. The van der Waals surface area contributed by atoms with Gasteiger partial charge in [-0.25, -0.2) is 10.0 Å². The van der Waals surface area contributed by atoms with E-state index in [-0.39, 0.29) is 24.8 Å². The lowest BCUT2D eigenvalue weighted by Crippen LogP contribution is -3.00. The van der Waals surface area contributed by atoms with Crippen molar-refractivity contribution >= 4 is 0 Å². The highest BCUT2D eigenvalue weighted by molar-refractivity contribution is 4.67. The molecule has 0 aliphatic carbocycles. The summed E-state index contributed by atoms with van der Waals surface area (Å²) >= 11 is 0. The SMILES string of the molecule is O=NN1CC[N+]2(CC1)CC[N+]1(CCN(N=O)CC1)CC2.[Cl-].[Cl-]. The van der Waals surface area contributed by atoms with Gasteiger partial charge in [-0.1, -0.05) is 0 Å². The molecule has 0 amide bonds. The Bertz CT molecular complexity index is 336. The molecule has 3 fully saturated rings. The molecular weight excluding hydrogens is 331 g/mol. The van der Waals surface area contributed by atoms with Crippen LogP contribution in [0, 0.1) is 9.81 Å². The van der Waals surface area contributed by atoms with Crippen LogP contribution in [0.1, 0.15) is 0 Å². The van der Waals surface area contributed by atoms with E-state index in [0.717, 1.165) is 61.3 Å². The summed E-state index contributed by atoms with van der Waals surface area (Å²) in [5.41, 5.74) is 0. The lowest BCUT2D eigenvalue weighted by Gasteiger charge is -2.53. The molecule has 0 N–H and O–H groups in total. The standard InChI is InChI=1S/C12H24N6O2.2ClH/c19-13-15-1-5-17(6-2-15)9-11-18(12-10-17)7-3-16(14-20)4-8-18;;/h1-12H2;2*1H/q+2;;/p-2. The predicted molar refractivity (Wildman–Crippen MR) is 74.2 cm³/mol. The van der Waals surface area contributed by atoms with Gasteiger partial charge in [0.25, 0.3) is 0 Å². The highest BCUT2D eigenvalue weighted by Gasteiger charge is 2.45. The molecule has 10 heteroatoms. The summed E-state index contributed by atoms with van der Waals surface area (Å²) in [5, 5.41) is 9.40. The molecule has 22 heavy (non-hydrogen) atoms. The van der Waals surface area contributed by atoms with Crippen LogP contribution in [0.25, 0.3) is 0 Å². The van der Waals surface area contributed by atoms with Crippen LogP contribution in [0.4, 0.5) is 0 Å². The van der Waals surface area contributed by atoms with Gasteiger partial charge in [-0.2, -0.15) is 0 Å². The van der Waals surface area contributed by atoms with Crippen LogP contribution in [-0.4, -0.2) is 97.5 Å². The zero-order valence-electron chi connectivity index (χ0n) is 12.7. The molecule has 3 aliphatic rings. The summed E-state index contributed by atoms with van der Waals surface area (Å²) in [4.78, 5) is 21.1. The number of rotatable bonds is 2. The van der Waals surface area contributed by atoms with Crippen molar-refractivity contribution < 1.29 is 33.8 Å². The van der Waals surface area contributed by atoms with E-state index >= 15 is 0 Å². The first-order valence-corrected chi connectivity index (χ1v) is 7.56. The second kappa shape index (κ2) is 7.72. The highest BCUT2D eigenvalue weighted by atomic mass is 35.5. The third kappa shape index (κ3) is 3.79. The summed E-state index contributed by atoms with van der Waals surface area (Å²) in [6.07, 6.45) is 0. The fourth-order valence-electron chi connectivity index (χ4n) is 3.89. The third-order valence-electron chi connectivity index (χ3n) is 5.66. The fourth-order valence-corrected chi connectivity index (χ4v) is 3.89. The smallest absolute Gasteiger partial charge is 0.129 e. The number of nitrogens with zero attached hydrogens (tertiary/aromatic N) is 6. The second-order valence-electron chi connectivity index (χ2n) is 6.54. The molecule has 2 spiro atoms. The Morgan fingerprint density at radius 3 is 1.05 bits per heavy atom.